The number of carbonyl (C=O) groups is 2. The first kappa shape index (κ1) is 13.9. The molecule has 1 saturated heterocycles. The molecule has 0 aromatic carbocycles. The summed E-state index contributed by atoms with van der Waals surface area (Å²) < 4.78 is 5.18. The second-order valence-electron chi connectivity index (χ2n) is 4.18. The van der Waals surface area contributed by atoms with E-state index in [-0.39, 0.29) is 17.9 Å². The minimum absolute atomic E-state index is 0.0510. The van der Waals surface area contributed by atoms with Crippen LogP contribution in [0.2, 0.25) is 0 Å². The van der Waals surface area contributed by atoms with Gasteiger partial charge in [-0.1, -0.05) is 0 Å². The fourth-order valence-electron chi connectivity index (χ4n) is 1.59. The van der Waals surface area contributed by atoms with E-state index in [1.807, 2.05) is 0 Å². The van der Waals surface area contributed by atoms with Crippen LogP contribution in [0, 0.1) is 0 Å². The van der Waals surface area contributed by atoms with E-state index in [2.05, 4.69) is 10.6 Å². The molecule has 98 valence electrons. The highest BCUT2D eigenvalue weighted by Crippen LogP contribution is 2.00. The molecule has 2 atom stereocenters. The molecule has 0 radical (unpaired) electrons. The van der Waals surface area contributed by atoms with Crippen molar-refractivity contribution in [2.45, 2.75) is 25.9 Å². The second-order valence-corrected chi connectivity index (χ2v) is 4.18. The van der Waals surface area contributed by atoms with Crippen LogP contribution in [0.4, 0.5) is 0 Å². The number of hydrogen-bond donors (Lipinski definition) is 2. The molecule has 1 aliphatic heterocycles. The third-order valence-corrected chi connectivity index (χ3v) is 2.88. The van der Waals surface area contributed by atoms with Crippen molar-refractivity contribution in [3.05, 3.63) is 0 Å². The summed E-state index contributed by atoms with van der Waals surface area (Å²) >= 11 is 0. The zero-order chi connectivity index (χ0) is 12.8. The van der Waals surface area contributed by atoms with Crippen molar-refractivity contribution >= 4 is 11.8 Å². The zero-order valence-corrected chi connectivity index (χ0v) is 10.7. The summed E-state index contributed by atoms with van der Waals surface area (Å²) in [6.07, 6.45) is 0. The van der Waals surface area contributed by atoms with E-state index in [1.54, 1.807) is 25.8 Å². The van der Waals surface area contributed by atoms with Crippen LogP contribution >= 0.6 is 0 Å². The van der Waals surface area contributed by atoms with Crippen LogP contribution in [-0.4, -0.2) is 62.1 Å². The van der Waals surface area contributed by atoms with Gasteiger partial charge in [-0.25, -0.2) is 0 Å². The molecule has 2 amide bonds. The Morgan fingerprint density at radius 2 is 1.76 bits per heavy atom. The topological polar surface area (TPSA) is 70.7 Å². The quantitative estimate of drug-likeness (QED) is 0.661. The highest BCUT2D eigenvalue weighted by atomic mass is 16.5. The summed E-state index contributed by atoms with van der Waals surface area (Å²) in [7, 11) is 1.71. The Morgan fingerprint density at radius 3 is 2.29 bits per heavy atom. The number of rotatable bonds is 4. The molecule has 0 aromatic heterocycles. The van der Waals surface area contributed by atoms with Crippen LogP contribution in [0.15, 0.2) is 0 Å². The van der Waals surface area contributed by atoms with Crippen molar-refractivity contribution in [1.82, 2.24) is 15.5 Å². The minimum Gasteiger partial charge on any atom is -0.378 e. The number of ether oxygens (including phenoxy) is 1. The Hall–Kier alpha value is -1.14. The van der Waals surface area contributed by atoms with E-state index in [4.69, 9.17) is 4.74 Å². The van der Waals surface area contributed by atoms with Gasteiger partial charge in [0.25, 0.3) is 0 Å². The Balaban J connectivity index is 2.43. The lowest BCUT2D eigenvalue weighted by molar-refractivity contribution is -0.139. The summed E-state index contributed by atoms with van der Waals surface area (Å²) in [5, 5.41) is 5.53. The van der Waals surface area contributed by atoms with Crippen molar-refractivity contribution in [2.24, 2.45) is 0 Å². The number of likely N-dealkylation sites (N-methyl/N-ethyl adjacent to an activating group) is 1. The third-order valence-electron chi connectivity index (χ3n) is 2.88. The molecule has 1 rings (SSSR count). The van der Waals surface area contributed by atoms with Crippen LogP contribution in [-0.2, 0) is 14.3 Å². The number of carbonyl (C=O) groups excluding carboxylic acids is 2. The molecule has 0 saturated carbocycles. The fourth-order valence-corrected chi connectivity index (χ4v) is 1.59. The first-order valence-corrected chi connectivity index (χ1v) is 5.90. The number of hydrogen-bond acceptors (Lipinski definition) is 4. The fraction of sp³-hybridized carbons (Fsp3) is 0.818. The van der Waals surface area contributed by atoms with E-state index in [0.717, 1.165) is 0 Å². The molecular weight excluding hydrogens is 222 g/mol. The minimum atomic E-state index is -0.489. The highest BCUT2D eigenvalue weighted by molar-refractivity contribution is 5.89. The molecule has 17 heavy (non-hydrogen) atoms. The van der Waals surface area contributed by atoms with Crippen molar-refractivity contribution in [2.75, 3.05) is 33.4 Å². The second kappa shape index (κ2) is 6.56. The smallest absolute Gasteiger partial charge is 0.245 e. The van der Waals surface area contributed by atoms with Crippen LogP contribution in [0.1, 0.15) is 13.8 Å². The SMILES string of the molecule is CNC(C)C(=O)NC(C)C(=O)N1CCOCC1. The van der Waals surface area contributed by atoms with Gasteiger partial charge in [-0.15, -0.1) is 0 Å². The maximum atomic E-state index is 12.0. The number of amides is 2. The van der Waals surface area contributed by atoms with Gasteiger partial charge in [0.2, 0.25) is 11.8 Å². The van der Waals surface area contributed by atoms with Crippen molar-refractivity contribution in [1.29, 1.82) is 0 Å². The van der Waals surface area contributed by atoms with Crippen LogP contribution in [0.5, 0.6) is 0 Å². The van der Waals surface area contributed by atoms with Gasteiger partial charge in [0, 0.05) is 13.1 Å². The van der Waals surface area contributed by atoms with Gasteiger partial charge >= 0.3 is 0 Å². The van der Waals surface area contributed by atoms with Crippen molar-refractivity contribution in [3.8, 4) is 0 Å². The Morgan fingerprint density at radius 1 is 1.18 bits per heavy atom. The molecule has 2 N–H and O–H groups in total. The largest absolute Gasteiger partial charge is 0.378 e. The highest BCUT2D eigenvalue weighted by Gasteiger charge is 2.24. The first-order valence-electron chi connectivity index (χ1n) is 5.90. The van der Waals surface area contributed by atoms with Gasteiger partial charge in [0.05, 0.1) is 19.3 Å². The molecule has 1 heterocycles. The van der Waals surface area contributed by atoms with Gasteiger partial charge in [-0.2, -0.15) is 0 Å². The lowest BCUT2D eigenvalue weighted by Crippen LogP contribution is -2.53. The summed E-state index contributed by atoms with van der Waals surface area (Å²) in [5.74, 6) is -0.216. The number of morpholine rings is 1. The molecule has 6 nitrogen and oxygen atoms in total. The van der Waals surface area contributed by atoms with Crippen LogP contribution < -0.4 is 10.6 Å². The summed E-state index contributed by atoms with van der Waals surface area (Å²) in [6.45, 7) is 5.79. The molecule has 2 unspecified atom stereocenters. The third kappa shape index (κ3) is 3.98. The zero-order valence-electron chi connectivity index (χ0n) is 10.7. The number of nitrogens with zero attached hydrogens (tertiary/aromatic N) is 1. The average Bonchev–Trinajstić information content (AvgIpc) is 2.37. The van der Waals surface area contributed by atoms with Gasteiger partial charge in [-0.05, 0) is 20.9 Å². The first-order chi connectivity index (χ1) is 8.06. The number of nitrogens with one attached hydrogen (secondary N) is 2. The monoisotopic (exact) mass is 243 g/mol. The van der Waals surface area contributed by atoms with E-state index < -0.39 is 6.04 Å². The van der Waals surface area contributed by atoms with Gasteiger partial charge < -0.3 is 20.3 Å². The van der Waals surface area contributed by atoms with Gasteiger partial charge in [-0.3, -0.25) is 9.59 Å². The van der Waals surface area contributed by atoms with Gasteiger partial charge in [0.15, 0.2) is 0 Å². The predicted octanol–water partition coefficient (Wildman–Crippen LogP) is -1.04. The average molecular weight is 243 g/mol. The van der Waals surface area contributed by atoms with Crippen LogP contribution in [0.25, 0.3) is 0 Å². The summed E-state index contributed by atoms with van der Waals surface area (Å²) in [4.78, 5) is 25.3. The Bertz CT molecular complexity index is 277. The summed E-state index contributed by atoms with van der Waals surface area (Å²) in [5.41, 5.74) is 0. The van der Waals surface area contributed by atoms with Crippen LogP contribution in [0.3, 0.4) is 0 Å². The molecule has 1 aliphatic rings. The molecule has 6 heteroatoms. The van der Waals surface area contributed by atoms with Crippen molar-refractivity contribution in [3.63, 3.8) is 0 Å². The molecule has 0 spiro atoms. The van der Waals surface area contributed by atoms with Gasteiger partial charge in [0.1, 0.15) is 6.04 Å². The molecule has 0 aromatic rings. The summed E-state index contributed by atoms with van der Waals surface area (Å²) in [6, 6.07) is -0.786. The molecule has 0 aliphatic carbocycles. The maximum absolute atomic E-state index is 12.0. The maximum Gasteiger partial charge on any atom is 0.245 e. The van der Waals surface area contributed by atoms with E-state index in [1.165, 1.54) is 0 Å². The van der Waals surface area contributed by atoms with E-state index in [9.17, 15) is 9.59 Å². The standard InChI is InChI=1S/C11H21N3O3/c1-8(12-3)10(15)13-9(2)11(16)14-4-6-17-7-5-14/h8-9,12H,4-7H2,1-3H3,(H,13,15). The lowest BCUT2D eigenvalue weighted by atomic mass is 10.2. The van der Waals surface area contributed by atoms with Crippen molar-refractivity contribution < 1.29 is 14.3 Å². The molecular formula is C11H21N3O3. The van der Waals surface area contributed by atoms with E-state index >= 15 is 0 Å². The molecule has 0 bridgehead atoms. The molecule has 1 fully saturated rings. The Kier molecular flexibility index (Phi) is 5.37. The Labute approximate surface area is 102 Å². The lowest BCUT2D eigenvalue weighted by Gasteiger charge is -2.29. The van der Waals surface area contributed by atoms with E-state index in [0.29, 0.717) is 26.3 Å². The predicted molar refractivity (Wildman–Crippen MR) is 63.5 cm³/mol. The normalized spacial score (nSPS) is 19.6.